The van der Waals surface area contributed by atoms with Crippen LogP contribution in [0.4, 0.5) is 5.69 Å². The molecule has 0 aliphatic rings. The number of nitro groups is 1. The second-order valence-corrected chi connectivity index (χ2v) is 4.85. The normalized spacial score (nSPS) is 10.2. The molecular formula is C13H12N2O5S. The number of carbonyl (C=O) groups is 1. The second kappa shape index (κ2) is 6.31. The van der Waals surface area contributed by atoms with Gasteiger partial charge < -0.3 is 9.47 Å². The predicted molar refractivity (Wildman–Crippen MR) is 76.7 cm³/mol. The number of rotatable bonds is 5. The third-order valence-electron chi connectivity index (χ3n) is 2.57. The van der Waals surface area contributed by atoms with Crippen molar-refractivity contribution < 1.29 is 19.2 Å². The smallest absolute Gasteiger partial charge is 0.350 e. The molecular weight excluding hydrogens is 296 g/mol. The Balaban J connectivity index is 2.51. The van der Waals surface area contributed by atoms with E-state index in [1.54, 1.807) is 13.0 Å². The summed E-state index contributed by atoms with van der Waals surface area (Å²) >= 11 is 1.04. The van der Waals surface area contributed by atoms with Crippen molar-refractivity contribution in [3.05, 3.63) is 39.3 Å². The molecule has 21 heavy (non-hydrogen) atoms. The number of nitro benzene ring substituents is 1. The van der Waals surface area contributed by atoms with Crippen molar-refractivity contribution in [2.75, 3.05) is 13.7 Å². The van der Waals surface area contributed by atoms with Gasteiger partial charge in [0.25, 0.3) is 10.9 Å². The first-order chi connectivity index (χ1) is 10.1. The lowest BCUT2D eigenvalue weighted by atomic mass is 10.1. The zero-order chi connectivity index (χ0) is 15.4. The van der Waals surface area contributed by atoms with Crippen molar-refractivity contribution in [2.45, 2.75) is 6.92 Å². The zero-order valence-electron chi connectivity index (χ0n) is 11.4. The molecule has 0 saturated carbocycles. The van der Waals surface area contributed by atoms with Gasteiger partial charge in [0.15, 0.2) is 0 Å². The van der Waals surface area contributed by atoms with Gasteiger partial charge in [0.1, 0.15) is 10.6 Å². The van der Waals surface area contributed by atoms with Crippen LogP contribution in [0.15, 0.2) is 24.3 Å². The summed E-state index contributed by atoms with van der Waals surface area (Å²) in [5.41, 5.74) is 0.708. The quantitative estimate of drug-likeness (QED) is 0.479. The van der Waals surface area contributed by atoms with Gasteiger partial charge in [-0.1, -0.05) is 23.5 Å². The molecule has 0 atom stereocenters. The molecule has 1 aromatic carbocycles. The minimum absolute atomic E-state index is 0.0747. The van der Waals surface area contributed by atoms with Crippen LogP contribution >= 0.6 is 11.3 Å². The summed E-state index contributed by atoms with van der Waals surface area (Å²) in [6, 6.07) is 5.91. The highest BCUT2D eigenvalue weighted by Crippen LogP contribution is 2.34. The van der Waals surface area contributed by atoms with Crippen molar-refractivity contribution in [3.63, 3.8) is 0 Å². The molecule has 0 amide bonds. The third-order valence-corrected chi connectivity index (χ3v) is 3.57. The SMILES string of the molecule is CCOC(=O)c1sc(OC)nc1-c1cccc([N+](=O)[O-])c1. The number of nitrogens with zero attached hydrogens (tertiary/aromatic N) is 2. The first-order valence-electron chi connectivity index (χ1n) is 6.03. The van der Waals surface area contributed by atoms with Gasteiger partial charge in [0, 0.05) is 17.7 Å². The van der Waals surface area contributed by atoms with E-state index in [0.717, 1.165) is 11.3 Å². The average molecular weight is 308 g/mol. The number of hydrogen-bond donors (Lipinski definition) is 0. The Bertz CT molecular complexity index is 683. The molecule has 2 rings (SSSR count). The molecule has 0 bridgehead atoms. The minimum atomic E-state index is -0.528. The van der Waals surface area contributed by atoms with Gasteiger partial charge in [0.2, 0.25) is 0 Å². The molecule has 0 aliphatic heterocycles. The van der Waals surface area contributed by atoms with E-state index < -0.39 is 10.9 Å². The van der Waals surface area contributed by atoms with E-state index in [0.29, 0.717) is 16.5 Å². The highest BCUT2D eigenvalue weighted by atomic mass is 32.1. The highest BCUT2D eigenvalue weighted by Gasteiger charge is 2.22. The Labute approximate surface area is 124 Å². The molecule has 1 aromatic heterocycles. The van der Waals surface area contributed by atoms with Crippen molar-refractivity contribution in [2.24, 2.45) is 0 Å². The number of benzene rings is 1. The van der Waals surface area contributed by atoms with Crippen LogP contribution in [0, 0.1) is 10.1 Å². The van der Waals surface area contributed by atoms with Crippen LogP contribution < -0.4 is 4.74 Å². The summed E-state index contributed by atoms with van der Waals surface area (Å²) in [5.74, 6) is -0.528. The highest BCUT2D eigenvalue weighted by molar-refractivity contribution is 7.15. The Morgan fingerprint density at radius 2 is 2.24 bits per heavy atom. The standard InChI is InChI=1S/C13H12N2O5S/c1-3-20-12(16)11-10(14-13(19-2)21-11)8-5-4-6-9(7-8)15(17)18/h4-7H,3H2,1-2H3. The molecule has 110 valence electrons. The maximum Gasteiger partial charge on any atom is 0.350 e. The molecule has 2 aromatic rings. The molecule has 0 N–H and O–H groups in total. The van der Waals surface area contributed by atoms with Crippen molar-refractivity contribution in [1.29, 1.82) is 0 Å². The molecule has 0 spiro atoms. The topological polar surface area (TPSA) is 91.6 Å². The number of methoxy groups -OCH3 is 1. The number of ether oxygens (including phenoxy) is 2. The lowest BCUT2D eigenvalue weighted by Gasteiger charge is -2.02. The van der Waals surface area contributed by atoms with Crippen LogP contribution in [-0.2, 0) is 4.74 Å². The molecule has 0 fully saturated rings. The Hall–Kier alpha value is -2.48. The Morgan fingerprint density at radius 1 is 1.48 bits per heavy atom. The molecule has 0 aliphatic carbocycles. The molecule has 7 nitrogen and oxygen atoms in total. The Morgan fingerprint density at radius 3 is 2.86 bits per heavy atom. The van der Waals surface area contributed by atoms with E-state index >= 15 is 0 Å². The number of non-ortho nitro benzene ring substituents is 1. The van der Waals surface area contributed by atoms with Gasteiger partial charge in [-0.15, -0.1) is 0 Å². The molecule has 1 heterocycles. The number of aromatic nitrogens is 1. The lowest BCUT2D eigenvalue weighted by molar-refractivity contribution is -0.384. The van der Waals surface area contributed by atoms with E-state index in [1.165, 1.54) is 25.3 Å². The second-order valence-electron chi connectivity index (χ2n) is 3.89. The average Bonchev–Trinajstić information content (AvgIpc) is 2.92. The van der Waals surface area contributed by atoms with Crippen molar-refractivity contribution >= 4 is 23.0 Å². The van der Waals surface area contributed by atoms with Gasteiger partial charge in [-0.2, -0.15) is 0 Å². The van der Waals surface area contributed by atoms with Crippen LogP contribution in [0.25, 0.3) is 11.3 Å². The fraction of sp³-hybridized carbons (Fsp3) is 0.231. The van der Waals surface area contributed by atoms with E-state index in [9.17, 15) is 14.9 Å². The fourth-order valence-corrected chi connectivity index (χ4v) is 2.48. The summed E-state index contributed by atoms with van der Waals surface area (Å²) in [4.78, 5) is 26.7. The molecule has 0 unspecified atom stereocenters. The summed E-state index contributed by atoms with van der Waals surface area (Å²) in [6.07, 6.45) is 0. The number of thiazole rings is 1. The minimum Gasteiger partial charge on any atom is -0.473 e. The zero-order valence-corrected chi connectivity index (χ0v) is 12.2. The summed E-state index contributed by atoms with van der Waals surface area (Å²) in [7, 11) is 1.44. The lowest BCUT2D eigenvalue weighted by Crippen LogP contribution is -2.04. The van der Waals surface area contributed by atoms with E-state index in [-0.39, 0.29) is 17.2 Å². The number of carbonyl (C=O) groups excluding carboxylic acids is 1. The summed E-state index contributed by atoms with van der Waals surface area (Å²) < 4.78 is 10.00. The van der Waals surface area contributed by atoms with Crippen LogP contribution in [0.3, 0.4) is 0 Å². The van der Waals surface area contributed by atoms with Gasteiger partial charge in [-0.25, -0.2) is 9.78 Å². The maximum atomic E-state index is 11.9. The monoisotopic (exact) mass is 308 g/mol. The van der Waals surface area contributed by atoms with Crippen molar-refractivity contribution in [1.82, 2.24) is 4.98 Å². The Kier molecular flexibility index (Phi) is 4.49. The van der Waals surface area contributed by atoms with Gasteiger partial charge >= 0.3 is 5.97 Å². The first kappa shape index (κ1) is 14.9. The van der Waals surface area contributed by atoms with Gasteiger partial charge in [-0.3, -0.25) is 10.1 Å². The number of hydrogen-bond acceptors (Lipinski definition) is 7. The largest absolute Gasteiger partial charge is 0.473 e. The third kappa shape index (κ3) is 3.16. The number of esters is 1. The molecule has 0 radical (unpaired) electrons. The van der Waals surface area contributed by atoms with Gasteiger partial charge in [0.05, 0.1) is 18.6 Å². The molecule has 0 saturated heterocycles. The maximum absolute atomic E-state index is 11.9. The van der Waals surface area contributed by atoms with E-state index in [4.69, 9.17) is 9.47 Å². The first-order valence-corrected chi connectivity index (χ1v) is 6.85. The summed E-state index contributed by atoms with van der Waals surface area (Å²) in [6.45, 7) is 1.93. The predicted octanol–water partition coefficient (Wildman–Crippen LogP) is 2.90. The van der Waals surface area contributed by atoms with Crippen LogP contribution in [0.5, 0.6) is 5.19 Å². The van der Waals surface area contributed by atoms with Gasteiger partial charge in [-0.05, 0) is 6.92 Å². The molecule has 8 heteroatoms. The van der Waals surface area contributed by atoms with E-state index in [2.05, 4.69) is 4.98 Å². The van der Waals surface area contributed by atoms with E-state index in [1.807, 2.05) is 0 Å². The summed E-state index contributed by atoms with van der Waals surface area (Å²) in [5, 5.41) is 11.1. The van der Waals surface area contributed by atoms with Crippen LogP contribution in [0.2, 0.25) is 0 Å². The van der Waals surface area contributed by atoms with Crippen LogP contribution in [0.1, 0.15) is 16.6 Å². The van der Waals surface area contributed by atoms with Crippen LogP contribution in [-0.4, -0.2) is 29.6 Å². The fourth-order valence-electron chi connectivity index (χ4n) is 1.69. The van der Waals surface area contributed by atoms with Crippen molar-refractivity contribution in [3.8, 4) is 16.5 Å².